The van der Waals surface area contributed by atoms with E-state index in [2.05, 4.69) is 20.6 Å². The number of halogens is 2. The highest BCUT2D eigenvalue weighted by Crippen LogP contribution is 2.35. The van der Waals surface area contributed by atoms with Gasteiger partial charge in [0.05, 0.1) is 46.0 Å². The normalized spacial score (nSPS) is 11.3. The first-order valence-electron chi connectivity index (χ1n) is 9.46. The number of fused-ring (bicyclic) bond motifs is 1. The third-order valence-corrected chi connectivity index (χ3v) is 4.59. The first-order chi connectivity index (χ1) is 14.7. The van der Waals surface area contributed by atoms with E-state index in [4.69, 9.17) is 21.1 Å². The Bertz CT molecular complexity index is 1100. The van der Waals surface area contributed by atoms with Gasteiger partial charge in [0.1, 0.15) is 24.6 Å². The van der Waals surface area contributed by atoms with Crippen LogP contribution in [-0.2, 0) is 0 Å². The van der Waals surface area contributed by atoms with Crippen LogP contribution < -0.4 is 20.1 Å². The van der Waals surface area contributed by atoms with Gasteiger partial charge in [0.25, 0.3) is 0 Å². The quantitative estimate of drug-likeness (QED) is 0.420. The molecule has 0 fully saturated rings. The second-order valence-corrected chi connectivity index (χ2v) is 8.02. The molecule has 0 saturated heterocycles. The summed E-state index contributed by atoms with van der Waals surface area (Å²) in [6, 6.07) is 7.64. The Morgan fingerprint density at radius 3 is 2.61 bits per heavy atom. The molecule has 0 bridgehead atoms. The van der Waals surface area contributed by atoms with E-state index >= 15 is 0 Å². The van der Waals surface area contributed by atoms with Crippen LogP contribution in [0.1, 0.15) is 0 Å². The average molecular weight is 449 g/mol. The van der Waals surface area contributed by atoms with E-state index in [-0.39, 0.29) is 22.8 Å². The van der Waals surface area contributed by atoms with Crippen molar-refractivity contribution in [1.29, 1.82) is 0 Å². The number of carbonyl (C=O) groups is 1. The first kappa shape index (κ1) is 22.5. The Balaban J connectivity index is 1.80. The van der Waals surface area contributed by atoms with Crippen LogP contribution in [0.25, 0.3) is 10.9 Å². The summed E-state index contributed by atoms with van der Waals surface area (Å²) < 4.78 is 25.6. The summed E-state index contributed by atoms with van der Waals surface area (Å²) in [6.45, 7) is 0.585. The van der Waals surface area contributed by atoms with Crippen LogP contribution in [0.5, 0.6) is 11.5 Å². The minimum Gasteiger partial charge on any atom is -0.493 e. The summed E-state index contributed by atoms with van der Waals surface area (Å²) in [6.07, 6.45) is 1.37. The molecule has 3 aromatic rings. The lowest BCUT2D eigenvalue weighted by Gasteiger charge is -2.20. The fraction of sp³-hybridized carbons (Fsp3) is 0.286. The van der Waals surface area contributed by atoms with Gasteiger partial charge in [-0.1, -0.05) is 11.6 Å². The van der Waals surface area contributed by atoms with Gasteiger partial charge in [-0.15, -0.1) is 0 Å². The Morgan fingerprint density at radius 1 is 1.16 bits per heavy atom. The number of rotatable bonds is 7. The summed E-state index contributed by atoms with van der Waals surface area (Å²) in [5.74, 6) is 0.838. The first-order valence-corrected chi connectivity index (χ1v) is 9.84. The molecule has 1 aromatic heterocycles. The summed E-state index contributed by atoms with van der Waals surface area (Å²) in [4.78, 5) is 20.4. The maximum atomic E-state index is 14.2. The molecular weight excluding hydrogens is 425 g/mol. The lowest BCUT2D eigenvalue weighted by atomic mass is 10.2. The number of anilines is 2. The molecule has 0 aliphatic carbocycles. The van der Waals surface area contributed by atoms with Gasteiger partial charge in [-0.05, 0) is 24.3 Å². The fourth-order valence-electron chi connectivity index (χ4n) is 2.71. The number of benzene rings is 2. The SMILES string of the molecule is COc1cc2c(Nc3ccc(Cl)cc3F)ncnc2cc1OCCNC(=O)[N+](C)(C)C. The van der Waals surface area contributed by atoms with Gasteiger partial charge in [-0.25, -0.2) is 23.6 Å². The molecule has 31 heavy (non-hydrogen) atoms. The second kappa shape index (κ2) is 9.32. The Labute approximate surface area is 184 Å². The molecule has 0 aliphatic heterocycles. The van der Waals surface area contributed by atoms with Gasteiger partial charge >= 0.3 is 6.03 Å². The van der Waals surface area contributed by atoms with E-state index in [1.165, 1.54) is 25.6 Å². The topological polar surface area (TPSA) is 85.4 Å². The maximum Gasteiger partial charge on any atom is 0.416 e. The van der Waals surface area contributed by atoms with Crippen molar-refractivity contribution in [1.82, 2.24) is 15.3 Å². The predicted molar refractivity (Wildman–Crippen MR) is 118 cm³/mol. The standard InChI is InChI=1S/C21H23ClFN5O3/c1-28(2,3)21(29)24-7-8-31-19-11-17-14(10-18(19)30-4)20(26-12-25-17)27-16-6-5-13(22)9-15(16)23/h5-6,9-12H,7-8H2,1-4H3,(H-,24,25,26,27,29)/p+1. The number of ether oxygens (including phenoxy) is 2. The summed E-state index contributed by atoms with van der Waals surface area (Å²) >= 11 is 5.82. The zero-order chi connectivity index (χ0) is 22.6. The van der Waals surface area contributed by atoms with Crippen molar-refractivity contribution in [2.75, 3.05) is 46.7 Å². The third kappa shape index (κ3) is 5.50. The van der Waals surface area contributed by atoms with Crippen LogP contribution in [0.15, 0.2) is 36.7 Å². The molecule has 2 amide bonds. The molecule has 1 heterocycles. The summed E-state index contributed by atoms with van der Waals surface area (Å²) in [7, 11) is 6.86. The highest BCUT2D eigenvalue weighted by molar-refractivity contribution is 6.30. The van der Waals surface area contributed by atoms with Crippen LogP contribution >= 0.6 is 11.6 Å². The number of quaternary nitrogens is 1. The highest BCUT2D eigenvalue weighted by Gasteiger charge is 2.19. The molecule has 8 nitrogen and oxygen atoms in total. The molecule has 164 valence electrons. The van der Waals surface area contributed by atoms with Crippen LogP contribution in [-0.4, -0.2) is 61.9 Å². The average Bonchev–Trinajstić information content (AvgIpc) is 2.71. The molecule has 0 spiro atoms. The van der Waals surface area contributed by atoms with Crippen molar-refractivity contribution in [3.8, 4) is 11.5 Å². The van der Waals surface area contributed by atoms with E-state index < -0.39 is 5.82 Å². The number of amides is 2. The van der Waals surface area contributed by atoms with Gasteiger partial charge < -0.3 is 20.1 Å². The molecule has 0 aliphatic rings. The van der Waals surface area contributed by atoms with Crippen molar-refractivity contribution in [2.24, 2.45) is 0 Å². The predicted octanol–water partition coefficient (Wildman–Crippen LogP) is 3.97. The minimum absolute atomic E-state index is 0.119. The van der Waals surface area contributed by atoms with Gasteiger partial charge in [-0.2, -0.15) is 0 Å². The third-order valence-electron chi connectivity index (χ3n) is 4.35. The van der Waals surface area contributed by atoms with E-state index in [9.17, 15) is 9.18 Å². The number of carbonyl (C=O) groups excluding carboxylic acids is 1. The van der Waals surface area contributed by atoms with Crippen molar-refractivity contribution in [3.63, 3.8) is 0 Å². The largest absolute Gasteiger partial charge is 0.493 e. The van der Waals surface area contributed by atoms with Crippen molar-refractivity contribution in [3.05, 3.63) is 47.5 Å². The molecule has 10 heteroatoms. The van der Waals surface area contributed by atoms with Crippen molar-refractivity contribution in [2.45, 2.75) is 0 Å². The Kier molecular flexibility index (Phi) is 6.77. The van der Waals surface area contributed by atoms with Gasteiger partial charge in [0.15, 0.2) is 11.5 Å². The van der Waals surface area contributed by atoms with Crippen LogP contribution in [0.2, 0.25) is 5.02 Å². The van der Waals surface area contributed by atoms with E-state index in [0.717, 1.165) is 0 Å². The van der Waals surface area contributed by atoms with Crippen LogP contribution in [0.4, 0.5) is 20.7 Å². The molecular formula is C21H24ClFN5O3+. The zero-order valence-electron chi connectivity index (χ0n) is 17.7. The number of methoxy groups -OCH3 is 1. The number of hydrogen-bond acceptors (Lipinski definition) is 6. The van der Waals surface area contributed by atoms with Crippen molar-refractivity contribution >= 4 is 40.0 Å². The smallest absolute Gasteiger partial charge is 0.416 e. The summed E-state index contributed by atoms with van der Waals surface area (Å²) in [5.41, 5.74) is 0.815. The summed E-state index contributed by atoms with van der Waals surface area (Å²) in [5, 5.41) is 6.69. The van der Waals surface area contributed by atoms with Crippen LogP contribution in [0.3, 0.4) is 0 Å². The monoisotopic (exact) mass is 448 g/mol. The second-order valence-electron chi connectivity index (χ2n) is 7.58. The number of hydrogen-bond donors (Lipinski definition) is 2. The molecule has 2 N–H and O–H groups in total. The molecule has 2 aromatic carbocycles. The minimum atomic E-state index is -0.498. The molecule has 0 saturated carbocycles. The lowest BCUT2D eigenvalue weighted by Crippen LogP contribution is -2.49. The maximum absolute atomic E-state index is 14.2. The Morgan fingerprint density at radius 2 is 1.94 bits per heavy atom. The van der Waals surface area contributed by atoms with E-state index in [0.29, 0.717) is 39.8 Å². The molecule has 0 unspecified atom stereocenters. The van der Waals surface area contributed by atoms with Gasteiger partial charge in [-0.3, -0.25) is 0 Å². The van der Waals surface area contributed by atoms with Gasteiger partial charge in [0.2, 0.25) is 0 Å². The number of aromatic nitrogens is 2. The lowest BCUT2D eigenvalue weighted by molar-refractivity contribution is -0.787. The Hall–Kier alpha value is -3.17. The fourth-order valence-corrected chi connectivity index (χ4v) is 2.87. The molecule has 0 radical (unpaired) electrons. The highest BCUT2D eigenvalue weighted by atomic mass is 35.5. The molecule has 3 rings (SSSR count). The van der Waals surface area contributed by atoms with E-state index in [1.54, 1.807) is 39.3 Å². The zero-order valence-corrected chi connectivity index (χ0v) is 18.5. The number of urea groups is 1. The number of nitrogens with zero attached hydrogens (tertiary/aromatic N) is 3. The number of nitrogens with one attached hydrogen (secondary N) is 2. The van der Waals surface area contributed by atoms with Crippen molar-refractivity contribution < 1.29 is 23.1 Å². The van der Waals surface area contributed by atoms with E-state index in [1.807, 2.05) is 0 Å². The molecule has 0 atom stereocenters. The van der Waals surface area contributed by atoms with Gasteiger partial charge in [0, 0.05) is 16.5 Å². The van der Waals surface area contributed by atoms with Crippen LogP contribution in [0, 0.1) is 5.82 Å².